The van der Waals surface area contributed by atoms with Crippen molar-refractivity contribution in [3.8, 4) is 11.5 Å². The Morgan fingerprint density at radius 1 is 1.04 bits per heavy atom. The van der Waals surface area contributed by atoms with Crippen molar-refractivity contribution in [2.45, 2.75) is 65.0 Å². The van der Waals surface area contributed by atoms with Gasteiger partial charge in [0, 0.05) is 0 Å². The van der Waals surface area contributed by atoms with E-state index in [2.05, 4.69) is 17.4 Å². The number of amides is 1. The van der Waals surface area contributed by atoms with Gasteiger partial charge in [-0.2, -0.15) is 0 Å². The highest BCUT2D eigenvalue weighted by molar-refractivity contribution is 5.81. The highest BCUT2D eigenvalue weighted by Gasteiger charge is 2.21. The van der Waals surface area contributed by atoms with Crippen LogP contribution in [0.5, 0.6) is 11.5 Å². The van der Waals surface area contributed by atoms with E-state index in [1.165, 1.54) is 29.5 Å². The third-order valence-electron chi connectivity index (χ3n) is 5.17. The monoisotopic (exact) mass is 381 g/mol. The van der Waals surface area contributed by atoms with Crippen molar-refractivity contribution < 1.29 is 14.3 Å². The molecule has 1 amide bonds. The molecule has 0 spiro atoms. The molecule has 0 aliphatic heterocycles. The number of rotatable bonds is 8. The number of aryl methyl sites for hydroxylation is 3. The molecule has 1 aliphatic rings. The van der Waals surface area contributed by atoms with Crippen molar-refractivity contribution in [3.63, 3.8) is 0 Å². The summed E-state index contributed by atoms with van der Waals surface area (Å²) in [5.41, 5.74) is 3.97. The van der Waals surface area contributed by atoms with Crippen LogP contribution >= 0.6 is 0 Å². The maximum absolute atomic E-state index is 12.6. The lowest BCUT2D eigenvalue weighted by molar-refractivity contribution is -0.128. The number of ether oxygens (including phenoxy) is 2. The minimum absolute atomic E-state index is 0.0970. The second-order valence-corrected chi connectivity index (χ2v) is 7.69. The molecule has 0 bridgehead atoms. The predicted molar refractivity (Wildman–Crippen MR) is 112 cm³/mol. The number of hydrogen-bond acceptors (Lipinski definition) is 3. The molecule has 0 radical (unpaired) electrons. The summed E-state index contributed by atoms with van der Waals surface area (Å²) in [6.07, 6.45) is 4.86. The Hall–Kier alpha value is -2.49. The smallest absolute Gasteiger partial charge is 0.261 e. The van der Waals surface area contributed by atoms with Gasteiger partial charge in [0.15, 0.2) is 6.10 Å². The fourth-order valence-electron chi connectivity index (χ4n) is 3.50. The predicted octanol–water partition coefficient (Wildman–Crippen LogP) is 4.61. The summed E-state index contributed by atoms with van der Waals surface area (Å²) in [5, 5.41) is 3.01. The second-order valence-electron chi connectivity index (χ2n) is 7.69. The fourth-order valence-corrected chi connectivity index (χ4v) is 3.50. The van der Waals surface area contributed by atoms with E-state index in [-0.39, 0.29) is 11.9 Å². The summed E-state index contributed by atoms with van der Waals surface area (Å²) in [7, 11) is 0. The molecule has 2 atom stereocenters. The van der Waals surface area contributed by atoms with Crippen LogP contribution in [0.2, 0.25) is 0 Å². The van der Waals surface area contributed by atoms with Crippen molar-refractivity contribution in [3.05, 3.63) is 59.2 Å². The molecule has 28 heavy (non-hydrogen) atoms. The Bertz CT molecular complexity index is 785. The molecule has 1 aliphatic carbocycles. The van der Waals surface area contributed by atoms with Gasteiger partial charge in [-0.15, -0.1) is 0 Å². The number of hydrogen-bond donors (Lipinski definition) is 1. The lowest BCUT2D eigenvalue weighted by Gasteiger charge is -2.22. The highest BCUT2D eigenvalue weighted by Crippen LogP contribution is 2.26. The number of carbonyl (C=O) groups is 1. The molecular formula is C24H31NO3. The number of fused-ring (bicyclic) bond motifs is 1. The maximum atomic E-state index is 12.6. The van der Waals surface area contributed by atoms with E-state index >= 15 is 0 Å². The average molecular weight is 382 g/mol. The van der Waals surface area contributed by atoms with Crippen LogP contribution in [0.15, 0.2) is 42.5 Å². The van der Waals surface area contributed by atoms with E-state index in [0.717, 1.165) is 24.3 Å². The van der Waals surface area contributed by atoms with Crippen LogP contribution in [-0.4, -0.2) is 24.7 Å². The molecule has 0 aromatic heterocycles. The molecule has 4 heteroatoms. The summed E-state index contributed by atoms with van der Waals surface area (Å²) < 4.78 is 11.8. The maximum Gasteiger partial charge on any atom is 0.261 e. The van der Waals surface area contributed by atoms with Gasteiger partial charge in [0.1, 0.15) is 18.1 Å². The van der Waals surface area contributed by atoms with E-state index in [4.69, 9.17) is 9.47 Å². The van der Waals surface area contributed by atoms with Crippen molar-refractivity contribution in [1.29, 1.82) is 0 Å². The third kappa shape index (κ3) is 5.51. The summed E-state index contributed by atoms with van der Waals surface area (Å²) in [6.45, 7) is 6.37. The molecular weight excluding hydrogens is 350 g/mol. The first-order valence-corrected chi connectivity index (χ1v) is 10.3. The molecule has 0 unspecified atom stereocenters. The van der Waals surface area contributed by atoms with E-state index in [1.807, 2.05) is 51.1 Å². The van der Waals surface area contributed by atoms with E-state index in [9.17, 15) is 4.79 Å². The molecule has 1 N–H and O–H groups in total. The Kier molecular flexibility index (Phi) is 6.96. The summed E-state index contributed by atoms with van der Waals surface area (Å²) in [6, 6.07) is 14.0. The highest BCUT2D eigenvalue weighted by atomic mass is 16.5. The minimum atomic E-state index is -0.497. The number of benzene rings is 2. The number of carbonyl (C=O) groups excluding carboxylic acids is 1. The van der Waals surface area contributed by atoms with Crippen LogP contribution in [0.25, 0.3) is 0 Å². The zero-order valence-corrected chi connectivity index (χ0v) is 17.2. The van der Waals surface area contributed by atoms with Gasteiger partial charge in [-0.05, 0) is 81.3 Å². The first-order chi connectivity index (χ1) is 13.5. The molecule has 2 aromatic rings. The normalized spacial score (nSPS) is 15.2. The summed E-state index contributed by atoms with van der Waals surface area (Å²) >= 11 is 0. The van der Waals surface area contributed by atoms with Crippen LogP contribution in [0, 0.1) is 6.92 Å². The van der Waals surface area contributed by atoms with Gasteiger partial charge in [-0.25, -0.2) is 0 Å². The van der Waals surface area contributed by atoms with Crippen LogP contribution in [0.4, 0.5) is 0 Å². The first kappa shape index (κ1) is 20.2. The standard InChI is InChI=1S/C24H31NO3/c1-4-23(28-22-14-11-19-7-5-6-8-20(19)15-22)24(26)25-18(3)16-27-21-12-9-17(2)10-13-21/h9-15,18,23H,4-8,16H2,1-3H3,(H,25,26)/t18-,23+/m1/s1. The zero-order chi connectivity index (χ0) is 19.9. The van der Waals surface area contributed by atoms with E-state index < -0.39 is 6.10 Å². The Morgan fingerprint density at radius 2 is 1.71 bits per heavy atom. The Morgan fingerprint density at radius 3 is 2.43 bits per heavy atom. The first-order valence-electron chi connectivity index (χ1n) is 10.3. The SMILES string of the molecule is CC[C@H](Oc1ccc2c(c1)CCCC2)C(=O)N[C@H](C)COc1ccc(C)cc1. The van der Waals surface area contributed by atoms with E-state index in [0.29, 0.717) is 13.0 Å². The Labute approximate surface area is 168 Å². The topological polar surface area (TPSA) is 47.6 Å². The van der Waals surface area contributed by atoms with Gasteiger partial charge in [-0.1, -0.05) is 30.7 Å². The van der Waals surface area contributed by atoms with Gasteiger partial charge >= 0.3 is 0 Å². The van der Waals surface area contributed by atoms with Gasteiger partial charge in [-0.3, -0.25) is 4.79 Å². The molecule has 0 saturated heterocycles. The molecule has 0 heterocycles. The molecule has 150 valence electrons. The molecule has 3 rings (SSSR count). The molecule has 2 aromatic carbocycles. The Balaban J connectivity index is 1.52. The van der Waals surface area contributed by atoms with Crippen molar-refractivity contribution >= 4 is 5.91 Å². The minimum Gasteiger partial charge on any atom is -0.491 e. The quantitative estimate of drug-likeness (QED) is 0.726. The van der Waals surface area contributed by atoms with Crippen LogP contribution in [0.1, 0.15) is 49.8 Å². The molecule has 0 fully saturated rings. The average Bonchev–Trinajstić information content (AvgIpc) is 2.71. The second kappa shape index (κ2) is 9.63. The van der Waals surface area contributed by atoms with Gasteiger partial charge in [0.2, 0.25) is 0 Å². The molecule has 0 saturated carbocycles. The van der Waals surface area contributed by atoms with Crippen LogP contribution < -0.4 is 14.8 Å². The van der Waals surface area contributed by atoms with E-state index in [1.54, 1.807) is 0 Å². The van der Waals surface area contributed by atoms with Crippen LogP contribution in [0.3, 0.4) is 0 Å². The van der Waals surface area contributed by atoms with Crippen molar-refractivity contribution in [2.24, 2.45) is 0 Å². The van der Waals surface area contributed by atoms with Gasteiger partial charge in [0.25, 0.3) is 5.91 Å². The lowest BCUT2D eigenvalue weighted by Crippen LogP contribution is -2.44. The van der Waals surface area contributed by atoms with Crippen LogP contribution in [-0.2, 0) is 17.6 Å². The summed E-state index contributed by atoms with van der Waals surface area (Å²) in [5.74, 6) is 1.50. The third-order valence-corrected chi connectivity index (χ3v) is 5.17. The fraction of sp³-hybridized carbons (Fsp3) is 0.458. The molecule has 4 nitrogen and oxygen atoms in total. The van der Waals surface area contributed by atoms with Gasteiger partial charge < -0.3 is 14.8 Å². The van der Waals surface area contributed by atoms with Gasteiger partial charge in [0.05, 0.1) is 6.04 Å². The van der Waals surface area contributed by atoms with Crippen molar-refractivity contribution in [2.75, 3.05) is 6.61 Å². The largest absolute Gasteiger partial charge is 0.491 e. The summed E-state index contributed by atoms with van der Waals surface area (Å²) in [4.78, 5) is 12.6. The zero-order valence-electron chi connectivity index (χ0n) is 17.2. The number of nitrogens with one attached hydrogen (secondary N) is 1. The lowest BCUT2D eigenvalue weighted by atomic mass is 9.92. The van der Waals surface area contributed by atoms with Crippen molar-refractivity contribution in [1.82, 2.24) is 5.32 Å².